The van der Waals surface area contributed by atoms with Gasteiger partial charge in [0.05, 0.1) is 12.7 Å². The van der Waals surface area contributed by atoms with Crippen LogP contribution in [0.15, 0.2) is 24.3 Å². The van der Waals surface area contributed by atoms with Gasteiger partial charge < -0.3 is 9.84 Å². The van der Waals surface area contributed by atoms with Crippen LogP contribution in [-0.4, -0.2) is 17.5 Å². The molecule has 1 rings (SSSR count). The van der Waals surface area contributed by atoms with Crippen molar-refractivity contribution in [2.45, 2.75) is 26.9 Å². The minimum Gasteiger partial charge on any atom is -0.494 e. The number of aliphatic hydroxyl groups is 1. The van der Waals surface area contributed by atoms with E-state index in [4.69, 9.17) is 4.74 Å². The highest BCUT2D eigenvalue weighted by Crippen LogP contribution is 2.24. The van der Waals surface area contributed by atoms with E-state index >= 15 is 0 Å². The smallest absolute Gasteiger partial charge is 0.135 e. The van der Waals surface area contributed by atoms with Crippen molar-refractivity contribution in [1.82, 2.24) is 0 Å². The first-order valence-electron chi connectivity index (χ1n) is 5.47. The van der Waals surface area contributed by atoms with E-state index in [0.29, 0.717) is 6.61 Å². The van der Waals surface area contributed by atoms with Crippen LogP contribution >= 0.6 is 0 Å². The van der Waals surface area contributed by atoms with E-state index < -0.39 is 6.10 Å². The summed E-state index contributed by atoms with van der Waals surface area (Å²) >= 11 is 0. The Bertz CT molecular complexity index is 343. The molecule has 16 heavy (non-hydrogen) atoms. The lowest BCUT2D eigenvalue weighted by Gasteiger charge is -2.16. The Hall–Kier alpha value is -1.35. The third-order valence-corrected chi connectivity index (χ3v) is 2.65. The normalized spacial score (nSPS) is 14.2. The fraction of sp³-hybridized carbons (Fsp3) is 0.462. The van der Waals surface area contributed by atoms with Gasteiger partial charge >= 0.3 is 0 Å². The molecule has 1 N–H and O–H groups in total. The molecule has 0 bridgehead atoms. The van der Waals surface area contributed by atoms with Gasteiger partial charge in [-0.25, -0.2) is 0 Å². The Kier molecular flexibility index (Phi) is 4.50. The van der Waals surface area contributed by atoms with Crippen LogP contribution in [0, 0.1) is 5.92 Å². The molecular weight excluding hydrogens is 204 g/mol. The molecule has 3 heteroatoms. The number of aliphatic hydroxyl groups excluding tert-OH is 1. The van der Waals surface area contributed by atoms with Crippen molar-refractivity contribution in [3.8, 4) is 5.75 Å². The van der Waals surface area contributed by atoms with Crippen LogP contribution in [0.5, 0.6) is 5.75 Å². The van der Waals surface area contributed by atoms with Crippen LogP contribution in [0.1, 0.15) is 32.4 Å². The summed E-state index contributed by atoms with van der Waals surface area (Å²) in [5, 5.41) is 9.92. The molecular formula is C13H18O3. The van der Waals surface area contributed by atoms with E-state index in [0.717, 1.165) is 11.3 Å². The standard InChI is InChI=1S/C13H18O3/c1-4-16-12-7-5-11(6-8-12)13(15)9(2)10(3)14/h5-9,13,15H,4H2,1-3H3. The van der Waals surface area contributed by atoms with Gasteiger partial charge in [-0.05, 0) is 31.5 Å². The highest BCUT2D eigenvalue weighted by atomic mass is 16.5. The second-order valence-corrected chi connectivity index (χ2v) is 3.85. The number of carbonyl (C=O) groups is 1. The molecule has 1 aromatic rings. The second kappa shape index (κ2) is 5.66. The average molecular weight is 222 g/mol. The Labute approximate surface area is 96.1 Å². The Balaban J connectivity index is 2.77. The molecule has 0 spiro atoms. The molecule has 0 aliphatic heterocycles. The first kappa shape index (κ1) is 12.7. The van der Waals surface area contributed by atoms with Gasteiger partial charge in [-0.3, -0.25) is 4.79 Å². The Morgan fingerprint density at radius 3 is 2.38 bits per heavy atom. The molecule has 1 aromatic carbocycles. The van der Waals surface area contributed by atoms with Crippen LogP contribution < -0.4 is 4.74 Å². The van der Waals surface area contributed by atoms with Crippen molar-refractivity contribution in [2.75, 3.05) is 6.61 Å². The number of ketones is 1. The number of hydrogen-bond acceptors (Lipinski definition) is 3. The predicted molar refractivity (Wildman–Crippen MR) is 62.4 cm³/mol. The third kappa shape index (κ3) is 3.07. The van der Waals surface area contributed by atoms with Crippen LogP contribution in [0.4, 0.5) is 0 Å². The summed E-state index contributed by atoms with van der Waals surface area (Å²) in [4.78, 5) is 11.1. The minimum atomic E-state index is -0.742. The molecule has 0 aliphatic rings. The summed E-state index contributed by atoms with van der Waals surface area (Å²) in [5.74, 6) is 0.383. The molecule has 0 saturated carbocycles. The second-order valence-electron chi connectivity index (χ2n) is 3.85. The highest BCUT2D eigenvalue weighted by Gasteiger charge is 2.19. The molecule has 2 atom stereocenters. The predicted octanol–water partition coefficient (Wildman–Crippen LogP) is 2.34. The lowest BCUT2D eigenvalue weighted by molar-refractivity contribution is -0.123. The van der Waals surface area contributed by atoms with Gasteiger partial charge in [0.25, 0.3) is 0 Å². The van der Waals surface area contributed by atoms with Crippen molar-refractivity contribution in [2.24, 2.45) is 5.92 Å². The van der Waals surface area contributed by atoms with Gasteiger partial charge in [0, 0.05) is 5.92 Å². The van der Waals surface area contributed by atoms with E-state index in [1.54, 1.807) is 31.2 Å². The molecule has 88 valence electrons. The van der Waals surface area contributed by atoms with Crippen LogP contribution in [0.3, 0.4) is 0 Å². The summed E-state index contributed by atoms with van der Waals surface area (Å²) in [6.45, 7) is 5.75. The van der Waals surface area contributed by atoms with Gasteiger partial charge in [0.15, 0.2) is 0 Å². The minimum absolute atomic E-state index is 0.0126. The van der Waals surface area contributed by atoms with Gasteiger partial charge in [0.1, 0.15) is 11.5 Å². The molecule has 0 aliphatic carbocycles. The first-order chi connectivity index (χ1) is 7.56. The van der Waals surface area contributed by atoms with Crippen molar-refractivity contribution in [3.63, 3.8) is 0 Å². The Morgan fingerprint density at radius 1 is 1.38 bits per heavy atom. The molecule has 0 amide bonds. The van der Waals surface area contributed by atoms with E-state index in [2.05, 4.69) is 0 Å². The van der Waals surface area contributed by atoms with E-state index in [9.17, 15) is 9.90 Å². The fourth-order valence-electron chi connectivity index (χ4n) is 1.44. The maximum Gasteiger partial charge on any atom is 0.135 e. The van der Waals surface area contributed by atoms with Crippen LogP contribution in [-0.2, 0) is 4.79 Å². The molecule has 0 saturated heterocycles. The summed E-state index contributed by atoms with van der Waals surface area (Å²) in [7, 11) is 0. The average Bonchev–Trinajstić information content (AvgIpc) is 2.28. The maximum absolute atomic E-state index is 11.1. The van der Waals surface area contributed by atoms with Crippen molar-refractivity contribution in [3.05, 3.63) is 29.8 Å². The van der Waals surface area contributed by atoms with Crippen molar-refractivity contribution >= 4 is 5.78 Å². The number of hydrogen-bond donors (Lipinski definition) is 1. The number of Topliss-reactive ketones (excluding diaryl/α,β-unsaturated/α-hetero) is 1. The topological polar surface area (TPSA) is 46.5 Å². The quantitative estimate of drug-likeness (QED) is 0.831. The zero-order valence-electron chi connectivity index (χ0n) is 9.93. The Morgan fingerprint density at radius 2 is 1.94 bits per heavy atom. The number of carbonyl (C=O) groups excluding carboxylic acids is 1. The maximum atomic E-state index is 11.1. The van der Waals surface area contributed by atoms with Gasteiger partial charge in [-0.1, -0.05) is 19.1 Å². The summed E-state index contributed by atoms with van der Waals surface area (Å²) in [6.07, 6.45) is -0.742. The fourth-order valence-corrected chi connectivity index (χ4v) is 1.44. The summed E-state index contributed by atoms with van der Waals surface area (Å²) in [6, 6.07) is 7.17. The zero-order valence-corrected chi connectivity index (χ0v) is 9.93. The van der Waals surface area contributed by atoms with Crippen molar-refractivity contribution in [1.29, 1.82) is 0 Å². The van der Waals surface area contributed by atoms with Crippen LogP contribution in [0.2, 0.25) is 0 Å². The number of benzene rings is 1. The lowest BCUT2D eigenvalue weighted by Crippen LogP contribution is -2.16. The first-order valence-corrected chi connectivity index (χ1v) is 5.47. The van der Waals surface area contributed by atoms with E-state index in [1.807, 2.05) is 6.92 Å². The zero-order chi connectivity index (χ0) is 12.1. The molecule has 0 radical (unpaired) electrons. The van der Waals surface area contributed by atoms with Gasteiger partial charge in [0.2, 0.25) is 0 Å². The van der Waals surface area contributed by atoms with E-state index in [-0.39, 0.29) is 11.7 Å². The molecule has 2 unspecified atom stereocenters. The lowest BCUT2D eigenvalue weighted by atomic mass is 9.94. The molecule has 3 nitrogen and oxygen atoms in total. The molecule has 0 aromatic heterocycles. The largest absolute Gasteiger partial charge is 0.494 e. The molecule has 0 fully saturated rings. The number of ether oxygens (including phenoxy) is 1. The monoisotopic (exact) mass is 222 g/mol. The number of rotatable bonds is 5. The van der Waals surface area contributed by atoms with Gasteiger partial charge in [-0.2, -0.15) is 0 Å². The van der Waals surface area contributed by atoms with Crippen LogP contribution in [0.25, 0.3) is 0 Å². The van der Waals surface area contributed by atoms with E-state index in [1.165, 1.54) is 6.92 Å². The summed E-state index contributed by atoms with van der Waals surface area (Å²) < 4.78 is 5.30. The van der Waals surface area contributed by atoms with Gasteiger partial charge in [-0.15, -0.1) is 0 Å². The highest BCUT2D eigenvalue weighted by molar-refractivity contribution is 5.78. The summed E-state index contributed by atoms with van der Waals surface area (Å²) in [5.41, 5.74) is 0.742. The SMILES string of the molecule is CCOc1ccc(C(O)C(C)C(C)=O)cc1. The molecule has 0 heterocycles. The van der Waals surface area contributed by atoms with Crippen molar-refractivity contribution < 1.29 is 14.6 Å². The third-order valence-electron chi connectivity index (χ3n) is 2.65.